The van der Waals surface area contributed by atoms with Crippen molar-refractivity contribution in [3.63, 3.8) is 0 Å². The van der Waals surface area contributed by atoms with Crippen molar-refractivity contribution < 1.29 is 0 Å². The molecule has 0 N–H and O–H groups in total. The van der Waals surface area contributed by atoms with Gasteiger partial charge in [-0.15, -0.1) is 0 Å². The number of aryl methyl sites for hydroxylation is 1. The van der Waals surface area contributed by atoms with Crippen LogP contribution >= 0.6 is 0 Å². The van der Waals surface area contributed by atoms with Crippen molar-refractivity contribution in [3.05, 3.63) is 48.2 Å². The van der Waals surface area contributed by atoms with Crippen molar-refractivity contribution in [2.45, 2.75) is 13.3 Å². The van der Waals surface area contributed by atoms with Gasteiger partial charge in [0, 0.05) is 24.1 Å². The van der Waals surface area contributed by atoms with E-state index >= 15 is 0 Å². The number of hydrogen-bond donors (Lipinski definition) is 0. The Hall–Kier alpha value is -1.50. The minimum absolute atomic E-state index is 1.03. The van der Waals surface area contributed by atoms with Gasteiger partial charge in [0.15, 0.2) is 0 Å². The second-order valence-corrected chi connectivity index (χ2v) is 3.56. The standard InChI is InChI=1S/C13H15N/c1-3-4-7-11-10-14(2)13-9-6-5-8-12(11)13/h3-6,8-10H,7H2,1-2H3/b4-3-. The molecular weight excluding hydrogens is 170 g/mol. The zero-order valence-corrected chi connectivity index (χ0v) is 8.70. The first-order valence-corrected chi connectivity index (χ1v) is 4.97. The summed E-state index contributed by atoms with van der Waals surface area (Å²) in [5, 5.41) is 1.37. The van der Waals surface area contributed by atoms with Gasteiger partial charge in [0.2, 0.25) is 0 Å². The summed E-state index contributed by atoms with van der Waals surface area (Å²) in [5.74, 6) is 0. The molecular formula is C13H15N. The molecule has 0 aliphatic rings. The number of aromatic nitrogens is 1. The molecule has 0 saturated heterocycles. The molecule has 72 valence electrons. The maximum atomic E-state index is 2.21. The third kappa shape index (κ3) is 1.46. The largest absolute Gasteiger partial charge is 0.350 e. The molecule has 0 amide bonds. The van der Waals surface area contributed by atoms with Gasteiger partial charge in [-0.05, 0) is 25.0 Å². The Kier molecular flexibility index (Phi) is 2.40. The van der Waals surface area contributed by atoms with Gasteiger partial charge in [-0.2, -0.15) is 0 Å². The predicted octanol–water partition coefficient (Wildman–Crippen LogP) is 3.30. The summed E-state index contributed by atoms with van der Waals surface area (Å²) in [6.45, 7) is 2.06. The quantitative estimate of drug-likeness (QED) is 0.633. The second-order valence-electron chi connectivity index (χ2n) is 3.56. The fourth-order valence-electron chi connectivity index (χ4n) is 1.83. The Bertz CT molecular complexity index is 463. The lowest BCUT2D eigenvalue weighted by Crippen LogP contribution is -1.82. The van der Waals surface area contributed by atoms with Gasteiger partial charge in [-0.1, -0.05) is 30.4 Å². The molecule has 0 fully saturated rings. The fourth-order valence-corrected chi connectivity index (χ4v) is 1.83. The highest BCUT2D eigenvalue weighted by molar-refractivity contribution is 5.84. The second kappa shape index (κ2) is 3.70. The van der Waals surface area contributed by atoms with E-state index in [0.29, 0.717) is 0 Å². The van der Waals surface area contributed by atoms with E-state index in [9.17, 15) is 0 Å². The molecule has 14 heavy (non-hydrogen) atoms. The van der Waals surface area contributed by atoms with Crippen LogP contribution in [0.15, 0.2) is 42.6 Å². The van der Waals surface area contributed by atoms with E-state index in [1.807, 2.05) is 0 Å². The number of para-hydroxylation sites is 1. The van der Waals surface area contributed by atoms with E-state index < -0.39 is 0 Å². The molecule has 1 heteroatoms. The van der Waals surface area contributed by atoms with Crippen molar-refractivity contribution in [2.24, 2.45) is 7.05 Å². The summed E-state index contributed by atoms with van der Waals surface area (Å²) < 4.78 is 2.19. The molecule has 0 spiro atoms. The van der Waals surface area contributed by atoms with Crippen LogP contribution in [-0.4, -0.2) is 4.57 Å². The zero-order chi connectivity index (χ0) is 9.97. The maximum Gasteiger partial charge on any atom is 0.0480 e. The fraction of sp³-hybridized carbons (Fsp3) is 0.231. The molecule has 2 rings (SSSR count). The van der Waals surface area contributed by atoms with Crippen LogP contribution < -0.4 is 0 Å². The summed E-state index contributed by atoms with van der Waals surface area (Å²) in [7, 11) is 2.10. The molecule has 0 unspecified atom stereocenters. The molecule has 1 aromatic heterocycles. The van der Waals surface area contributed by atoms with E-state index in [-0.39, 0.29) is 0 Å². The summed E-state index contributed by atoms with van der Waals surface area (Å²) in [5.41, 5.74) is 2.72. The lowest BCUT2D eigenvalue weighted by atomic mass is 10.1. The Morgan fingerprint density at radius 1 is 1.29 bits per heavy atom. The number of fused-ring (bicyclic) bond motifs is 1. The number of hydrogen-bond acceptors (Lipinski definition) is 0. The van der Waals surface area contributed by atoms with E-state index in [1.54, 1.807) is 0 Å². The first-order valence-electron chi connectivity index (χ1n) is 4.97. The Balaban J connectivity index is 2.55. The third-order valence-electron chi connectivity index (χ3n) is 2.55. The molecule has 0 atom stereocenters. The molecule has 0 radical (unpaired) electrons. The summed E-state index contributed by atoms with van der Waals surface area (Å²) in [6, 6.07) is 8.53. The lowest BCUT2D eigenvalue weighted by Gasteiger charge is -1.93. The molecule has 0 aliphatic carbocycles. The highest BCUT2D eigenvalue weighted by Crippen LogP contribution is 2.20. The minimum Gasteiger partial charge on any atom is -0.350 e. The smallest absolute Gasteiger partial charge is 0.0480 e. The average molecular weight is 185 g/mol. The van der Waals surface area contributed by atoms with Crippen LogP contribution in [0.2, 0.25) is 0 Å². The van der Waals surface area contributed by atoms with Crippen molar-refractivity contribution >= 4 is 10.9 Å². The molecule has 1 aromatic carbocycles. The Morgan fingerprint density at radius 3 is 2.86 bits per heavy atom. The van der Waals surface area contributed by atoms with Crippen molar-refractivity contribution in [1.82, 2.24) is 4.57 Å². The van der Waals surface area contributed by atoms with Gasteiger partial charge in [0.25, 0.3) is 0 Å². The maximum absolute atomic E-state index is 2.21. The summed E-state index contributed by atoms with van der Waals surface area (Å²) in [4.78, 5) is 0. The topological polar surface area (TPSA) is 4.93 Å². The SMILES string of the molecule is C/C=C\Cc1cn(C)c2ccccc12. The lowest BCUT2D eigenvalue weighted by molar-refractivity contribution is 0.960. The van der Waals surface area contributed by atoms with Crippen LogP contribution in [0.3, 0.4) is 0 Å². The molecule has 1 nitrogen and oxygen atoms in total. The van der Waals surface area contributed by atoms with Gasteiger partial charge in [0.1, 0.15) is 0 Å². The highest BCUT2D eigenvalue weighted by Gasteiger charge is 2.02. The van der Waals surface area contributed by atoms with E-state index in [2.05, 4.69) is 61.2 Å². The van der Waals surface area contributed by atoms with Crippen molar-refractivity contribution in [3.8, 4) is 0 Å². The Morgan fingerprint density at radius 2 is 2.07 bits per heavy atom. The number of nitrogens with zero attached hydrogens (tertiary/aromatic N) is 1. The van der Waals surface area contributed by atoms with E-state index in [1.165, 1.54) is 16.5 Å². The molecule has 0 saturated carbocycles. The Labute approximate surface area is 84.7 Å². The molecule has 2 aromatic rings. The molecule has 1 heterocycles. The van der Waals surface area contributed by atoms with Gasteiger partial charge >= 0.3 is 0 Å². The van der Waals surface area contributed by atoms with Crippen LogP contribution in [0.1, 0.15) is 12.5 Å². The van der Waals surface area contributed by atoms with Crippen molar-refractivity contribution in [1.29, 1.82) is 0 Å². The van der Waals surface area contributed by atoms with E-state index in [4.69, 9.17) is 0 Å². The van der Waals surface area contributed by atoms with Gasteiger partial charge < -0.3 is 4.57 Å². The number of rotatable bonds is 2. The average Bonchev–Trinajstić information content (AvgIpc) is 2.54. The zero-order valence-electron chi connectivity index (χ0n) is 8.70. The normalized spacial score (nSPS) is 11.6. The van der Waals surface area contributed by atoms with Gasteiger partial charge in [-0.3, -0.25) is 0 Å². The number of allylic oxidation sites excluding steroid dienone is 2. The van der Waals surface area contributed by atoms with Crippen LogP contribution in [0, 0.1) is 0 Å². The monoisotopic (exact) mass is 185 g/mol. The summed E-state index contributed by atoms with van der Waals surface area (Å²) in [6.07, 6.45) is 7.53. The third-order valence-corrected chi connectivity index (χ3v) is 2.55. The van der Waals surface area contributed by atoms with E-state index in [0.717, 1.165) is 6.42 Å². The highest BCUT2D eigenvalue weighted by atomic mass is 14.9. The number of benzene rings is 1. The van der Waals surface area contributed by atoms with Crippen LogP contribution in [0.25, 0.3) is 10.9 Å². The van der Waals surface area contributed by atoms with Gasteiger partial charge in [-0.25, -0.2) is 0 Å². The minimum atomic E-state index is 1.03. The van der Waals surface area contributed by atoms with Crippen molar-refractivity contribution in [2.75, 3.05) is 0 Å². The van der Waals surface area contributed by atoms with Crippen LogP contribution in [-0.2, 0) is 13.5 Å². The molecule has 0 aliphatic heterocycles. The molecule has 0 bridgehead atoms. The van der Waals surface area contributed by atoms with Crippen LogP contribution in [0.4, 0.5) is 0 Å². The van der Waals surface area contributed by atoms with Crippen LogP contribution in [0.5, 0.6) is 0 Å². The summed E-state index contributed by atoms with van der Waals surface area (Å²) >= 11 is 0. The first kappa shape index (κ1) is 9.07. The predicted molar refractivity (Wildman–Crippen MR) is 61.4 cm³/mol. The van der Waals surface area contributed by atoms with Gasteiger partial charge in [0.05, 0.1) is 0 Å². The first-order chi connectivity index (χ1) is 6.83.